The first-order valence-electron chi connectivity index (χ1n) is 6.82. The first-order chi connectivity index (χ1) is 9.30. The molecule has 20 heavy (non-hydrogen) atoms. The molecule has 1 aromatic carbocycles. The van der Waals surface area contributed by atoms with Crippen LogP contribution in [0.5, 0.6) is 5.75 Å². The molecule has 2 rings (SSSR count). The summed E-state index contributed by atoms with van der Waals surface area (Å²) in [6.07, 6.45) is 3.04. The third-order valence-electron chi connectivity index (χ3n) is 3.87. The molecule has 1 aromatic rings. The van der Waals surface area contributed by atoms with Gasteiger partial charge in [-0.25, -0.2) is 0 Å². The molecule has 1 atom stereocenters. The van der Waals surface area contributed by atoms with Crippen LogP contribution in [0, 0.1) is 5.92 Å². The van der Waals surface area contributed by atoms with Gasteiger partial charge in [0.05, 0.1) is 24.2 Å². The maximum atomic E-state index is 11.5. The predicted molar refractivity (Wildman–Crippen MR) is 79.8 cm³/mol. The van der Waals surface area contributed by atoms with Crippen molar-refractivity contribution in [3.63, 3.8) is 0 Å². The van der Waals surface area contributed by atoms with Crippen LogP contribution in [0.4, 0.5) is 0 Å². The zero-order valence-electron chi connectivity index (χ0n) is 12.8. The SMILES string of the molecule is COc1ccc(C=C2C(C=O)C(C)(C)OC2(C)C)cc1. The minimum atomic E-state index is -0.469. The Bertz CT molecular complexity index is 524. The Morgan fingerprint density at radius 2 is 1.75 bits per heavy atom. The van der Waals surface area contributed by atoms with Gasteiger partial charge in [0.25, 0.3) is 0 Å². The average Bonchev–Trinajstić information content (AvgIpc) is 2.54. The normalized spacial score (nSPS) is 25.6. The highest BCUT2D eigenvalue weighted by Crippen LogP contribution is 2.46. The molecule has 1 heterocycles. The van der Waals surface area contributed by atoms with E-state index in [-0.39, 0.29) is 5.92 Å². The number of benzene rings is 1. The van der Waals surface area contributed by atoms with Gasteiger partial charge >= 0.3 is 0 Å². The number of rotatable bonds is 3. The molecule has 1 aliphatic heterocycles. The molecule has 1 saturated heterocycles. The molecule has 0 amide bonds. The first kappa shape index (κ1) is 14.8. The van der Waals surface area contributed by atoms with Crippen molar-refractivity contribution < 1.29 is 14.3 Å². The van der Waals surface area contributed by atoms with Crippen LogP contribution < -0.4 is 4.74 Å². The second-order valence-corrected chi connectivity index (χ2v) is 6.20. The number of aldehydes is 1. The Balaban J connectivity index is 2.41. The standard InChI is InChI=1S/C17H22O3/c1-16(2)14(15(11-18)17(3,4)20-16)10-12-6-8-13(19-5)9-7-12/h6-11,15H,1-5H3. The number of hydrogen-bond donors (Lipinski definition) is 0. The summed E-state index contributed by atoms with van der Waals surface area (Å²) in [5.74, 6) is 0.598. The fourth-order valence-corrected chi connectivity index (χ4v) is 2.91. The maximum absolute atomic E-state index is 11.5. The molecule has 1 fully saturated rings. The molecule has 0 spiro atoms. The number of carbonyl (C=O) groups excluding carboxylic acids is 1. The molecule has 0 N–H and O–H groups in total. The quantitative estimate of drug-likeness (QED) is 0.792. The van der Waals surface area contributed by atoms with E-state index >= 15 is 0 Å². The van der Waals surface area contributed by atoms with Gasteiger partial charge in [0, 0.05) is 0 Å². The Morgan fingerprint density at radius 1 is 1.15 bits per heavy atom. The highest BCUT2D eigenvalue weighted by atomic mass is 16.5. The molecule has 0 aromatic heterocycles. The zero-order valence-corrected chi connectivity index (χ0v) is 12.8. The summed E-state index contributed by atoms with van der Waals surface area (Å²) in [5, 5.41) is 0. The van der Waals surface area contributed by atoms with Crippen molar-refractivity contribution in [2.45, 2.75) is 38.9 Å². The van der Waals surface area contributed by atoms with Crippen LogP contribution in [-0.2, 0) is 9.53 Å². The fourth-order valence-electron chi connectivity index (χ4n) is 2.91. The van der Waals surface area contributed by atoms with E-state index in [1.165, 1.54) is 0 Å². The Hall–Kier alpha value is -1.61. The average molecular weight is 274 g/mol. The topological polar surface area (TPSA) is 35.5 Å². The maximum Gasteiger partial charge on any atom is 0.130 e. The number of methoxy groups -OCH3 is 1. The first-order valence-corrected chi connectivity index (χ1v) is 6.82. The van der Waals surface area contributed by atoms with Gasteiger partial charge < -0.3 is 14.3 Å². The minimum absolute atomic E-state index is 0.223. The molecule has 3 heteroatoms. The second-order valence-electron chi connectivity index (χ2n) is 6.20. The lowest BCUT2D eigenvalue weighted by Crippen LogP contribution is -2.30. The monoisotopic (exact) mass is 274 g/mol. The van der Waals surface area contributed by atoms with Gasteiger partial charge in [0.15, 0.2) is 0 Å². The van der Waals surface area contributed by atoms with E-state index in [2.05, 4.69) is 0 Å². The van der Waals surface area contributed by atoms with Gasteiger partial charge in [-0.1, -0.05) is 18.2 Å². The van der Waals surface area contributed by atoms with Crippen LogP contribution >= 0.6 is 0 Å². The lowest BCUT2D eigenvalue weighted by atomic mass is 9.82. The summed E-state index contributed by atoms with van der Waals surface area (Å²) < 4.78 is 11.2. The predicted octanol–water partition coefficient (Wildman–Crippen LogP) is 3.48. The van der Waals surface area contributed by atoms with E-state index in [4.69, 9.17) is 9.47 Å². The Kier molecular flexibility index (Phi) is 3.74. The van der Waals surface area contributed by atoms with Crippen LogP contribution in [0.3, 0.4) is 0 Å². The molecular weight excluding hydrogens is 252 g/mol. The second kappa shape index (κ2) is 5.06. The van der Waals surface area contributed by atoms with Crippen LogP contribution in [0.25, 0.3) is 6.08 Å². The molecule has 3 nitrogen and oxygen atoms in total. The number of ether oxygens (including phenoxy) is 2. The molecule has 108 valence electrons. The van der Waals surface area contributed by atoms with Crippen molar-refractivity contribution in [2.75, 3.05) is 7.11 Å². The smallest absolute Gasteiger partial charge is 0.130 e. The van der Waals surface area contributed by atoms with Crippen molar-refractivity contribution in [1.29, 1.82) is 0 Å². The molecule has 1 unspecified atom stereocenters. The largest absolute Gasteiger partial charge is 0.497 e. The lowest BCUT2D eigenvalue weighted by Gasteiger charge is -2.24. The van der Waals surface area contributed by atoms with Gasteiger partial charge in [-0.05, 0) is 51.0 Å². The van der Waals surface area contributed by atoms with Gasteiger partial charge in [-0.2, -0.15) is 0 Å². The number of carbonyl (C=O) groups is 1. The van der Waals surface area contributed by atoms with E-state index in [9.17, 15) is 4.79 Å². The molecule has 0 saturated carbocycles. The van der Waals surface area contributed by atoms with E-state index in [1.807, 2.05) is 58.0 Å². The van der Waals surface area contributed by atoms with Gasteiger partial charge in [-0.15, -0.1) is 0 Å². The van der Waals surface area contributed by atoms with Gasteiger partial charge in [0.1, 0.15) is 12.0 Å². The molecule has 0 bridgehead atoms. The number of hydrogen-bond acceptors (Lipinski definition) is 3. The highest BCUT2D eigenvalue weighted by molar-refractivity contribution is 5.70. The van der Waals surface area contributed by atoms with E-state index < -0.39 is 11.2 Å². The molecule has 0 radical (unpaired) electrons. The third kappa shape index (κ3) is 2.63. The molecule has 1 aliphatic rings. The van der Waals surface area contributed by atoms with Crippen molar-refractivity contribution in [1.82, 2.24) is 0 Å². The lowest BCUT2D eigenvalue weighted by molar-refractivity contribution is -0.117. The van der Waals surface area contributed by atoms with Gasteiger partial charge in [0.2, 0.25) is 0 Å². The van der Waals surface area contributed by atoms with E-state index in [0.29, 0.717) is 0 Å². The van der Waals surface area contributed by atoms with Crippen molar-refractivity contribution in [3.05, 3.63) is 35.4 Å². The Morgan fingerprint density at radius 3 is 2.25 bits per heavy atom. The Labute approximate surface area is 120 Å². The third-order valence-corrected chi connectivity index (χ3v) is 3.87. The molecule has 0 aliphatic carbocycles. The fraction of sp³-hybridized carbons (Fsp3) is 0.471. The van der Waals surface area contributed by atoms with E-state index in [1.54, 1.807) is 7.11 Å². The van der Waals surface area contributed by atoms with Crippen LogP contribution in [0.2, 0.25) is 0 Å². The van der Waals surface area contributed by atoms with Crippen molar-refractivity contribution in [2.24, 2.45) is 5.92 Å². The molecular formula is C17H22O3. The van der Waals surface area contributed by atoms with Crippen LogP contribution in [0.15, 0.2) is 29.8 Å². The zero-order chi connectivity index (χ0) is 15.0. The van der Waals surface area contributed by atoms with E-state index in [0.717, 1.165) is 23.2 Å². The summed E-state index contributed by atoms with van der Waals surface area (Å²) in [6.45, 7) is 7.94. The van der Waals surface area contributed by atoms with Gasteiger partial charge in [-0.3, -0.25) is 0 Å². The van der Waals surface area contributed by atoms with Crippen LogP contribution in [0.1, 0.15) is 33.3 Å². The summed E-state index contributed by atoms with van der Waals surface area (Å²) in [7, 11) is 1.65. The van der Waals surface area contributed by atoms with Crippen molar-refractivity contribution >= 4 is 12.4 Å². The highest BCUT2D eigenvalue weighted by Gasteiger charge is 2.49. The minimum Gasteiger partial charge on any atom is -0.497 e. The van der Waals surface area contributed by atoms with Crippen LogP contribution in [-0.4, -0.2) is 24.6 Å². The summed E-state index contributed by atoms with van der Waals surface area (Å²) in [5.41, 5.74) is 1.16. The summed E-state index contributed by atoms with van der Waals surface area (Å²) in [4.78, 5) is 11.5. The van der Waals surface area contributed by atoms with Crippen molar-refractivity contribution in [3.8, 4) is 5.75 Å². The summed E-state index contributed by atoms with van der Waals surface area (Å²) in [6, 6.07) is 7.79. The summed E-state index contributed by atoms with van der Waals surface area (Å²) >= 11 is 0.